The standard InChI is InChI=1S/C12H16F6N10/c13-11(14,15)7-27-21-9(19-23-27)5-25-1-2-26(4-3-25)6-10-20-24-28(22-10)8-12(16,17)18/h1-8H2. The van der Waals surface area contributed by atoms with Crippen LogP contribution < -0.4 is 0 Å². The molecule has 2 aromatic rings. The van der Waals surface area contributed by atoms with E-state index in [0.29, 0.717) is 35.8 Å². The Morgan fingerprint density at radius 2 is 1.00 bits per heavy atom. The lowest BCUT2D eigenvalue weighted by Gasteiger charge is -2.33. The molecule has 16 heteroatoms. The molecule has 0 amide bonds. The summed E-state index contributed by atoms with van der Waals surface area (Å²) in [7, 11) is 0. The van der Waals surface area contributed by atoms with Gasteiger partial charge >= 0.3 is 12.4 Å². The first-order valence-electron chi connectivity index (χ1n) is 8.17. The Kier molecular flexibility index (Phi) is 5.78. The van der Waals surface area contributed by atoms with Crippen molar-refractivity contribution >= 4 is 0 Å². The largest absolute Gasteiger partial charge is 0.409 e. The van der Waals surface area contributed by atoms with E-state index in [0.717, 1.165) is 0 Å². The van der Waals surface area contributed by atoms with Crippen molar-refractivity contribution in [2.24, 2.45) is 0 Å². The molecule has 0 saturated carbocycles. The summed E-state index contributed by atoms with van der Waals surface area (Å²) in [5.41, 5.74) is 0. The predicted octanol–water partition coefficient (Wildman–Crippen LogP) is 0.102. The van der Waals surface area contributed by atoms with E-state index in [-0.39, 0.29) is 24.7 Å². The highest BCUT2D eigenvalue weighted by atomic mass is 19.4. The van der Waals surface area contributed by atoms with E-state index in [1.165, 1.54) is 0 Å². The zero-order valence-electron chi connectivity index (χ0n) is 14.4. The Hall–Kier alpha value is -2.36. The van der Waals surface area contributed by atoms with Gasteiger partial charge < -0.3 is 0 Å². The molecule has 1 saturated heterocycles. The summed E-state index contributed by atoms with van der Waals surface area (Å²) >= 11 is 0. The van der Waals surface area contributed by atoms with Gasteiger partial charge in [0.1, 0.15) is 0 Å². The highest BCUT2D eigenvalue weighted by molar-refractivity contribution is 4.84. The average molecular weight is 414 g/mol. The molecule has 156 valence electrons. The number of alkyl halides is 6. The first-order chi connectivity index (χ1) is 13.1. The van der Waals surface area contributed by atoms with Gasteiger partial charge in [0.2, 0.25) is 0 Å². The van der Waals surface area contributed by atoms with Crippen molar-refractivity contribution in [2.75, 3.05) is 26.2 Å². The molecular weight excluding hydrogens is 398 g/mol. The van der Waals surface area contributed by atoms with Gasteiger partial charge in [0.15, 0.2) is 24.7 Å². The van der Waals surface area contributed by atoms with Gasteiger partial charge in [-0.1, -0.05) is 0 Å². The fraction of sp³-hybridized carbons (Fsp3) is 0.833. The number of piperazine rings is 1. The van der Waals surface area contributed by atoms with Crippen LogP contribution in [0.1, 0.15) is 11.6 Å². The molecule has 28 heavy (non-hydrogen) atoms. The van der Waals surface area contributed by atoms with Crippen molar-refractivity contribution in [3.05, 3.63) is 11.6 Å². The lowest BCUT2D eigenvalue weighted by atomic mass is 10.3. The van der Waals surface area contributed by atoms with Gasteiger partial charge in [-0.25, -0.2) is 0 Å². The molecule has 0 unspecified atom stereocenters. The van der Waals surface area contributed by atoms with E-state index in [1.807, 2.05) is 9.80 Å². The first-order valence-corrected chi connectivity index (χ1v) is 8.17. The third kappa shape index (κ3) is 6.36. The van der Waals surface area contributed by atoms with E-state index in [2.05, 4.69) is 30.8 Å². The molecule has 1 aliphatic heterocycles. The van der Waals surface area contributed by atoms with Crippen LogP contribution in [0, 0.1) is 0 Å². The predicted molar refractivity (Wildman–Crippen MR) is 78.3 cm³/mol. The number of hydrogen-bond acceptors (Lipinski definition) is 8. The molecule has 0 radical (unpaired) electrons. The molecule has 0 spiro atoms. The Bertz CT molecular complexity index is 695. The third-order valence-corrected chi connectivity index (χ3v) is 3.82. The van der Waals surface area contributed by atoms with Crippen LogP contribution in [0.5, 0.6) is 0 Å². The summed E-state index contributed by atoms with van der Waals surface area (Å²) in [5.74, 6) is 0.379. The topological polar surface area (TPSA) is 93.7 Å². The molecule has 10 nitrogen and oxygen atoms in total. The second-order valence-corrected chi connectivity index (χ2v) is 6.25. The molecule has 3 heterocycles. The van der Waals surface area contributed by atoms with Gasteiger partial charge in [-0.2, -0.15) is 35.9 Å². The number of hydrogen-bond donors (Lipinski definition) is 0. The molecule has 3 rings (SSSR count). The van der Waals surface area contributed by atoms with Crippen LogP contribution in [-0.4, -0.2) is 88.7 Å². The summed E-state index contributed by atoms with van der Waals surface area (Å²) in [6.45, 7) is 0.215. The number of aromatic nitrogens is 8. The number of rotatable bonds is 6. The van der Waals surface area contributed by atoms with E-state index in [4.69, 9.17) is 0 Å². The van der Waals surface area contributed by atoms with Crippen LogP contribution >= 0.6 is 0 Å². The summed E-state index contributed by atoms with van der Waals surface area (Å²) in [4.78, 5) is 4.89. The maximum absolute atomic E-state index is 12.3. The number of nitrogens with zero attached hydrogens (tertiary/aromatic N) is 10. The van der Waals surface area contributed by atoms with E-state index in [1.54, 1.807) is 0 Å². The first kappa shape index (κ1) is 20.4. The minimum Gasteiger partial charge on any atom is -0.293 e. The molecule has 1 aliphatic rings. The molecule has 2 aromatic heterocycles. The van der Waals surface area contributed by atoms with Gasteiger partial charge in [0.25, 0.3) is 0 Å². The Labute approximate surface area is 154 Å². The SMILES string of the molecule is FC(F)(F)Cn1nnc(CN2CCN(Cc3nnn(CC(F)(F)F)n3)CC2)n1. The summed E-state index contributed by atoms with van der Waals surface area (Å²) in [6.07, 6.45) is -8.83. The van der Waals surface area contributed by atoms with E-state index in [9.17, 15) is 26.3 Å². The maximum Gasteiger partial charge on any atom is 0.409 e. The highest BCUT2D eigenvalue weighted by Crippen LogP contribution is 2.17. The summed E-state index contributed by atoms with van der Waals surface area (Å²) < 4.78 is 73.8. The van der Waals surface area contributed by atoms with Gasteiger partial charge in [-0.3, -0.25) is 9.80 Å². The Morgan fingerprint density at radius 1 is 0.643 bits per heavy atom. The maximum atomic E-state index is 12.3. The summed E-state index contributed by atoms with van der Waals surface area (Å²) in [5, 5.41) is 21.4. The molecule has 0 atom stereocenters. The van der Waals surface area contributed by atoms with Crippen molar-refractivity contribution < 1.29 is 26.3 Å². The van der Waals surface area contributed by atoms with Crippen LogP contribution in [0.3, 0.4) is 0 Å². The monoisotopic (exact) mass is 414 g/mol. The number of halogens is 6. The minimum absolute atomic E-state index is 0.189. The quantitative estimate of drug-likeness (QED) is 0.615. The van der Waals surface area contributed by atoms with E-state index >= 15 is 0 Å². The second-order valence-electron chi connectivity index (χ2n) is 6.25. The summed E-state index contributed by atoms with van der Waals surface area (Å²) in [6, 6.07) is 0. The lowest BCUT2D eigenvalue weighted by molar-refractivity contribution is -0.146. The van der Waals surface area contributed by atoms with E-state index < -0.39 is 25.4 Å². The van der Waals surface area contributed by atoms with Gasteiger partial charge in [-0.15, -0.1) is 20.4 Å². The number of tetrazole rings is 2. The van der Waals surface area contributed by atoms with Crippen LogP contribution in [0.15, 0.2) is 0 Å². The molecule has 0 aliphatic carbocycles. The molecule has 1 fully saturated rings. The van der Waals surface area contributed by atoms with Gasteiger partial charge in [-0.05, 0) is 10.4 Å². The fourth-order valence-electron chi connectivity index (χ4n) is 2.64. The second kappa shape index (κ2) is 7.94. The lowest BCUT2D eigenvalue weighted by Crippen LogP contribution is -2.45. The fourth-order valence-corrected chi connectivity index (χ4v) is 2.64. The zero-order chi connectivity index (χ0) is 20.4. The molecular formula is C12H16F6N10. The van der Waals surface area contributed by atoms with Gasteiger partial charge in [0, 0.05) is 26.2 Å². The molecule has 0 bridgehead atoms. The van der Waals surface area contributed by atoms with Gasteiger partial charge in [0.05, 0.1) is 13.1 Å². The third-order valence-electron chi connectivity index (χ3n) is 3.82. The van der Waals surface area contributed by atoms with Crippen molar-refractivity contribution in [1.82, 2.24) is 50.2 Å². The van der Waals surface area contributed by atoms with Crippen LogP contribution in [0.25, 0.3) is 0 Å². The van der Waals surface area contributed by atoms with Crippen LogP contribution in [-0.2, 0) is 26.2 Å². The van der Waals surface area contributed by atoms with Crippen molar-refractivity contribution in [3.8, 4) is 0 Å². The molecule has 0 N–H and O–H groups in total. The van der Waals surface area contributed by atoms with Crippen molar-refractivity contribution in [3.63, 3.8) is 0 Å². The highest BCUT2D eigenvalue weighted by Gasteiger charge is 2.30. The van der Waals surface area contributed by atoms with Crippen LogP contribution in [0.2, 0.25) is 0 Å². The van der Waals surface area contributed by atoms with Crippen LogP contribution in [0.4, 0.5) is 26.3 Å². The minimum atomic E-state index is -4.42. The Morgan fingerprint density at radius 3 is 1.32 bits per heavy atom. The normalized spacial score (nSPS) is 17.4. The molecule has 0 aromatic carbocycles. The average Bonchev–Trinajstić information content (AvgIpc) is 3.16. The smallest absolute Gasteiger partial charge is 0.293 e. The van der Waals surface area contributed by atoms with Crippen molar-refractivity contribution in [1.29, 1.82) is 0 Å². The zero-order valence-corrected chi connectivity index (χ0v) is 14.4. The Balaban J connectivity index is 1.43. The van der Waals surface area contributed by atoms with Crippen molar-refractivity contribution in [2.45, 2.75) is 38.5 Å².